The molecule has 0 radical (unpaired) electrons. The minimum atomic E-state index is 0.359. The van der Waals surface area contributed by atoms with Crippen molar-refractivity contribution in [3.8, 4) is 22.6 Å². The lowest BCUT2D eigenvalue weighted by Crippen LogP contribution is -1.97. The Bertz CT molecular complexity index is 505. The van der Waals surface area contributed by atoms with Gasteiger partial charge in [-0.1, -0.05) is 0 Å². The zero-order valence-corrected chi connectivity index (χ0v) is 9.90. The topological polar surface area (TPSA) is 57.6 Å². The Balaban J connectivity index is 2.51. The first-order valence-electron chi connectivity index (χ1n) is 5.29. The Morgan fingerprint density at radius 2 is 1.94 bits per heavy atom. The fraction of sp³-hybridized carbons (Fsp3) is 0.231. The zero-order valence-electron chi connectivity index (χ0n) is 9.90. The molecule has 0 unspecified atom stereocenters. The van der Waals surface area contributed by atoms with Crippen LogP contribution >= 0.6 is 0 Å². The van der Waals surface area contributed by atoms with Crippen molar-refractivity contribution >= 4 is 0 Å². The Kier molecular flexibility index (Phi) is 3.35. The SMILES string of the molecule is COc1ccc(-c2ccoc2CN)c(OC)c1. The van der Waals surface area contributed by atoms with Gasteiger partial charge in [-0.3, -0.25) is 0 Å². The summed E-state index contributed by atoms with van der Waals surface area (Å²) in [6, 6.07) is 7.53. The van der Waals surface area contributed by atoms with Crippen molar-refractivity contribution in [2.75, 3.05) is 14.2 Å². The minimum absolute atomic E-state index is 0.359. The quantitative estimate of drug-likeness (QED) is 0.881. The van der Waals surface area contributed by atoms with E-state index >= 15 is 0 Å². The summed E-state index contributed by atoms with van der Waals surface area (Å²) in [7, 11) is 3.25. The molecule has 4 nitrogen and oxygen atoms in total. The molecule has 2 aromatic rings. The molecule has 0 saturated carbocycles. The van der Waals surface area contributed by atoms with Crippen LogP contribution in [0, 0.1) is 0 Å². The van der Waals surface area contributed by atoms with Gasteiger partial charge >= 0.3 is 0 Å². The molecule has 0 atom stereocenters. The lowest BCUT2D eigenvalue weighted by atomic mass is 10.0. The lowest BCUT2D eigenvalue weighted by Gasteiger charge is -2.10. The number of methoxy groups -OCH3 is 2. The highest BCUT2D eigenvalue weighted by molar-refractivity contribution is 5.73. The summed E-state index contributed by atoms with van der Waals surface area (Å²) in [6.45, 7) is 0.359. The van der Waals surface area contributed by atoms with Crippen molar-refractivity contribution in [1.82, 2.24) is 0 Å². The van der Waals surface area contributed by atoms with Gasteiger partial charge < -0.3 is 19.6 Å². The van der Waals surface area contributed by atoms with E-state index in [-0.39, 0.29) is 0 Å². The number of hydrogen-bond donors (Lipinski definition) is 1. The van der Waals surface area contributed by atoms with Crippen LogP contribution in [0.25, 0.3) is 11.1 Å². The molecule has 17 heavy (non-hydrogen) atoms. The summed E-state index contributed by atoms with van der Waals surface area (Å²) in [5, 5.41) is 0. The summed E-state index contributed by atoms with van der Waals surface area (Å²) in [5.74, 6) is 2.23. The van der Waals surface area contributed by atoms with Crippen molar-refractivity contribution in [3.05, 3.63) is 36.3 Å². The van der Waals surface area contributed by atoms with E-state index < -0.39 is 0 Å². The maximum Gasteiger partial charge on any atom is 0.130 e. The normalized spacial score (nSPS) is 10.3. The van der Waals surface area contributed by atoms with Crippen molar-refractivity contribution in [2.24, 2.45) is 5.73 Å². The molecule has 0 amide bonds. The molecule has 4 heteroatoms. The highest BCUT2D eigenvalue weighted by atomic mass is 16.5. The van der Waals surface area contributed by atoms with Crippen molar-refractivity contribution in [2.45, 2.75) is 6.54 Å². The first-order chi connectivity index (χ1) is 8.30. The highest BCUT2D eigenvalue weighted by Crippen LogP contribution is 2.35. The molecule has 0 aliphatic rings. The van der Waals surface area contributed by atoms with E-state index in [2.05, 4.69) is 0 Å². The molecule has 0 saturated heterocycles. The van der Waals surface area contributed by atoms with Gasteiger partial charge in [0.05, 0.1) is 27.0 Å². The van der Waals surface area contributed by atoms with Crippen LogP contribution in [0.15, 0.2) is 34.9 Å². The third-order valence-electron chi connectivity index (χ3n) is 2.63. The molecule has 0 fully saturated rings. The number of nitrogens with two attached hydrogens (primary N) is 1. The fourth-order valence-electron chi connectivity index (χ4n) is 1.76. The molecule has 0 aliphatic heterocycles. The van der Waals surface area contributed by atoms with Gasteiger partial charge in [-0.05, 0) is 18.2 Å². The van der Waals surface area contributed by atoms with E-state index in [1.807, 2.05) is 24.3 Å². The Morgan fingerprint density at radius 1 is 1.12 bits per heavy atom. The summed E-state index contributed by atoms with van der Waals surface area (Å²) in [4.78, 5) is 0. The second-order valence-electron chi connectivity index (χ2n) is 3.53. The van der Waals surface area contributed by atoms with Crippen molar-refractivity contribution in [3.63, 3.8) is 0 Å². The molecule has 2 rings (SSSR count). The average Bonchev–Trinajstić information content (AvgIpc) is 2.85. The van der Waals surface area contributed by atoms with E-state index in [0.717, 1.165) is 28.4 Å². The lowest BCUT2D eigenvalue weighted by molar-refractivity contribution is 0.395. The van der Waals surface area contributed by atoms with Gasteiger partial charge in [-0.25, -0.2) is 0 Å². The van der Waals surface area contributed by atoms with Crippen LogP contribution in [-0.2, 0) is 6.54 Å². The van der Waals surface area contributed by atoms with Crippen LogP contribution in [0.3, 0.4) is 0 Å². The molecule has 1 aromatic heterocycles. The summed E-state index contributed by atoms with van der Waals surface area (Å²) < 4.78 is 15.8. The van der Waals surface area contributed by atoms with Crippen LogP contribution in [0.4, 0.5) is 0 Å². The maximum atomic E-state index is 5.62. The van der Waals surface area contributed by atoms with Crippen LogP contribution in [-0.4, -0.2) is 14.2 Å². The number of hydrogen-bond acceptors (Lipinski definition) is 4. The van der Waals surface area contributed by atoms with Gasteiger partial charge in [0, 0.05) is 17.2 Å². The van der Waals surface area contributed by atoms with Crippen LogP contribution in [0.5, 0.6) is 11.5 Å². The molecule has 2 N–H and O–H groups in total. The molecule has 0 bridgehead atoms. The number of ether oxygens (including phenoxy) is 2. The first-order valence-corrected chi connectivity index (χ1v) is 5.29. The second kappa shape index (κ2) is 4.93. The van der Waals surface area contributed by atoms with Gasteiger partial charge in [-0.2, -0.15) is 0 Å². The Labute approximate surface area is 99.9 Å². The largest absolute Gasteiger partial charge is 0.497 e. The first kappa shape index (κ1) is 11.5. The monoisotopic (exact) mass is 233 g/mol. The predicted octanol–water partition coefficient (Wildman–Crippen LogP) is 2.42. The highest BCUT2D eigenvalue weighted by Gasteiger charge is 2.12. The maximum absolute atomic E-state index is 5.62. The zero-order chi connectivity index (χ0) is 12.3. The summed E-state index contributed by atoms with van der Waals surface area (Å²) in [5.41, 5.74) is 7.52. The van der Waals surface area contributed by atoms with Gasteiger partial charge in [0.1, 0.15) is 17.3 Å². The third-order valence-corrected chi connectivity index (χ3v) is 2.63. The summed E-state index contributed by atoms with van der Waals surface area (Å²) >= 11 is 0. The molecule has 90 valence electrons. The second-order valence-corrected chi connectivity index (χ2v) is 3.53. The Morgan fingerprint density at radius 3 is 2.59 bits per heavy atom. The van der Waals surface area contributed by atoms with Crippen LogP contribution < -0.4 is 15.2 Å². The van der Waals surface area contributed by atoms with Crippen molar-refractivity contribution < 1.29 is 13.9 Å². The average molecular weight is 233 g/mol. The third kappa shape index (κ3) is 2.12. The summed E-state index contributed by atoms with van der Waals surface area (Å²) in [6.07, 6.45) is 1.63. The van der Waals surface area contributed by atoms with E-state index in [4.69, 9.17) is 19.6 Å². The smallest absolute Gasteiger partial charge is 0.130 e. The standard InChI is InChI=1S/C13H15NO3/c1-15-9-3-4-10(12(7-9)16-2)11-5-6-17-13(11)8-14/h3-7H,8,14H2,1-2H3. The van der Waals surface area contributed by atoms with Crippen LogP contribution in [0.1, 0.15) is 5.76 Å². The van der Waals surface area contributed by atoms with Gasteiger partial charge in [-0.15, -0.1) is 0 Å². The molecule has 0 aliphatic carbocycles. The van der Waals surface area contributed by atoms with Gasteiger partial charge in [0.15, 0.2) is 0 Å². The molecular weight excluding hydrogens is 218 g/mol. The molecular formula is C13H15NO3. The van der Waals surface area contributed by atoms with Crippen molar-refractivity contribution in [1.29, 1.82) is 0 Å². The number of furan rings is 1. The minimum Gasteiger partial charge on any atom is -0.497 e. The molecule has 1 aromatic carbocycles. The fourth-order valence-corrected chi connectivity index (χ4v) is 1.76. The Hall–Kier alpha value is -1.94. The predicted molar refractivity (Wildman–Crippen MR) is 65.1 cm³/mol. The van der Waals surface area contributed by atoms with Crippen LogP contribution in [0.2, 0.25) is 0 Å². The van der Waals surface area contributed by atoms with E-state index in [1.54, 1.807) is 20.5 Å². The van der Waals surface area contributed by atoms with E-state index in [9.17, 15) is 0 Å². The van der Waals surface area contributed by atoms with E-state index in [1.165, 1.54) is 0 Å². The van der Waals surface area contributed by atoms with Gasteiger partial charge in [0.2, 0.25) is 0 Å². The van der Waals surface area contributed by atoms with Gasteiger partial charge in [0.25, 0.3) is 0 Å². The molecule has 1 heterocycles. The van der Waals surface area contributed by atoms with E-state index in [0.29, 0.717) is 6.54 Å². The number of rotatable bonds is 4. The number of benzene rings is 1. The molecule has 0 spiro atoms.